The lowest BCUT2D eigenvalue weighted by atomic mass is 10.1. The van der Waals surface area contributed by atoms with E-state index in [0.29, 0.717) is 30.6 Å². The Morgan fingerprint density at radius 1 is 1.29 bits per heavy atom. The van der Waals surface area contributed by atoms with Crippen molar-refractivity contribution in [1.29, 1.82) is 0 Å². The number of carbonyl (C=O) groups is 1. The highest BCUT2D eigenvalue weighted by atomic mass is 32.2. The quantitative estimate of drug-likeness (QED) is 0.739. The Morgan fingerprint density at radius 2 is 1.90 bits per heavy atom. The first-order valence-corrected chi connectivity index (χ1v) is 8.11. The number of hydrogen-bond donors (Lipinski definition) is 2. The number of sulfonamides is 1. The van der Waals surface area contributed by atoms with Gasteiger partial charge in [0.05, 0.1) is 10.5 Å². The lowest BCUT2D eigenvalue weighted by Crippen LogP contribution is -2.30. The molecule has 0 aliphatic rings. The van der Waals surface area contributed by atoms with Crippen molar-refractivity contribution < 1.29 is 18.3 Å². The van der Waals surface area contributed by atoms with E-state index >= 15 is 0 Å². The molecule has 0 radical (unpaired) electrons. The zero-order valence-corrected chi connectivity index (χ0v) is 13.6. The van der Waals surface area contributed by atoms with Gasteiger partial charge in [-0.15, -0.1) is 0 Å². The standard InChI is InChI=1S/C14H22N2O4S/c1-10-8-11(2)13(9-12(10)14(17)18)21(19,20)16(4)7-5-6-15-3/h8-9,15H,5-7H2,1-4H3,(H,17,18). The van der Waals surface area contributed by atoms with Crippen LogP contribution in [0.15, 0.2) is 17.0 Å². The minimum absolute atomic E-state index is 0.0165. The van der Waals surface area contributed by atoms with E-state index in [2.05, 4.69) is 5.32 Å². The molecule has 0 saturated heterocycles. The molecule has 0 atom stereocenters. The summed E-state index contributed by atoms with van der Waals surface area (Å²) in [7, 11) is -0.373. The number of carboxylic acid groups (broad SMARTS) is 1. The predicted molar refractivity (Wildman–Crippen MR) is 81.2 cm³/mol. The first-order valence-electron chi connectivity index (χ1n) is 6.67. The SMILES string of the molecule is CNCCCN(C)S(=O)(=O)c1cc(C(=O)O)c(C)cc1C. The van der Waals surface area contributed by atoms with Crippen molar-refractivity contribution in [1.82, 2.24) is 9.62 Å². The van der Waals surface area contributed by atoms with Crippen LogP contribution < -0.4 is 5.32 Å². The Morgan fingerprint density at radius 3 is 2.43 bits per heavy atom. The van der Waals surface area contributed by atoms with Gasteiger partial charge in [0.15, 0.2) is 0 Å². The van der Waals surface area contributed by atoms with Crippen LogP contribution in [-0.2, 0) is 10.0 Å². The number of aryl methyl sites for hydroxylation is 2. The minimum Gasteiger partial charge on any atom is -0.478 e. The maximum Gasteiger partial charge on any atom is 0.335 e. The first-order chi connectivity index (χ1) is 9.71. The molecule has 118 valence electrons. The van der Waals surface area contributed by atoms with E-state index in [1.807, 2.05) is 0 Å². The van der Waals surface area contributed by atoms with E-state index in [-0.39, 0.29) is 10.5 Å². The summed E-state index contributed by atoms with van der Waals surface area (Å²) in [5, 5.41) is 12.1. The molecule has 0 bridgehead atoms. The molecule has 0 spiro atoms. The molecule has 0 heterocycles. The third-order valence-electron chi connectivity index (χ3n) is 3.34. The van der Waals surface area contributed by atoms with Gasteiger partial charge in [0.1, 0.15) is 0 Å². The second kappa shape index (κ2) is 7.02. The fraction of sp³-hybridized carbons (Fsp3) is 0.500. The topological polar surface area (TPSA) is 86.7 Å². The second-order valence-corrected chi connectivity index (χ2v) is 7.03. The van der Waals surface area contributed by atoms with Crippen LogP contribution in [0.2, 0.25) is 0 Å². The number of nitrogens with one attached hydrogen (secondary N) is 1. The Balaban J connectivity index is 3.19. The number of nitrogens with zero attached hydrogens (tertiary/aromatic N) is 1. The van der Waals surface area contributed by atoms with Crippen LogP contribution in [0.1, 0.15) is 27.9 Å². The number of aromatic carboxylic acids is 1. The third-order valence-corrected chi connectivity index (χ3v) is 5.34. The molecule has 0 aliphatic heterocycles. The fourth-order valence-electron chi connectivity index (χ4n) is 2.11. The molecular weight excluding hydrogens is 292 g/mol. The van der Waals surface area contributed by atoms with E-state index in [4.69, 9.17) is 5.11 Å². The van der Waals surface area contributed by atoms with Gasteiger partial charge in [0.25, 0.3) is 0 Å². The van der Waals surface area contributed by atoms with Gasteiger partial charge in [-0.2, -0.15) is 0 Å². The van der Waals surface area contributed by atoms with Gasteiger partial charge in [-0.3, -0.25) is 0 Å². The summed E-state index contributed by atoms with van der Waals surface area (Å²) in [5.74, 6) is -1.12. The van der Waals surface area contributed by atoms with Crippen LogP contribution in [-0.4, -0.2) is 51.0 Å². The molecule has 0 fully saturated rings. The van der Waals surface area contributed by atoms with E-state index in [9.17, 15) is 13.2 Å². The van der Waals surface area contributed by atoms with Gasteiger partial charge < -0.3 is 10.4 Å². The average Bonchev–Trinajstić information content (AvgIpc) is 2.37. The molecule has 1 rings (SSSR count). The third kappa shape index (κ3) is 4.03. The van der Waals surface area contributed by atoms with Crippen molar-refractivity contribution in [3.8, 4) is 0 Å². The summed E-state index contributed by atoms with van der Waals surface area (Å²) in [4.78, 5) is 11.2. The Labute approximate surface area is 125 Å². The molecule has 0 aliphatic carbocycles. The number of rotatable bonds is 7. The highest BCUT2D eigenvalue weighted by molar-refractivity contribution is 7.89. The van der Waals surface area contributed by atoms with Crippen LogP contribution in [0.4, 0.5) is 0 Å². The average molecular weight is 314 g/mol. The van der Waals surface area contributed by atoms with Gasteiger partial charge in [0, 0.05) is 13.6 Å². The molecular formula is C14H22N2O4S. The molecule has 1 aromatic carbocycles. The van der Waals surface area contributed by atoms with Crippen LogP contribution in [0.5, 0.6) is 0 Å². The lowest BCUT2D eigenvalue weighted by molar-refractivity contribution is 0.0696. The van der Waals surface area contributed by atoms with Crippen molar-refractivity contribution in [3.05, 3.63) is 28.8 Å². The maximum atomic E-state index is 12.5. The number of hydrogen-bond acceptors (Lipinski definition) is 4. The monoisotopic (exact) mass is 314 g/mol. The van der Waals surface area contributed by atoms with E-state index in [1.165, 1.54) is 17.4 Å². The van der Waals surface area contributed by atoms with Crippen LogP contribution in [0.3, 0.4) is 0 Å². The normalized spacial score (nSPS) is 11.9. The summed E-state index contributed by atoms with van der Waals surface area (Å²) in [6.07, 6.45) is 0.683. The molecule has 0 unspecified atom stereocenters. The minimum atomic E-state index is -3.68. The van der Waals surface area contributed by atoms with E-state index < -0.39 is 16.0 Å². The zero-order valence-electron chi connectivity index (χ0n) is 12.8. The van der Waals surface area contributed by atoms with Crippen molar-refractivity contribution in [2.75, 3.05) is 27.2 Å². The molecule has 21 heavy (non-hydrogen) atoms. The lowest BCUT2D eigenvalue weighted by Gasteiger charge is -2.19. The van der Waals surface area contributed by atoms with E-state index in [0.717, 1.165) is 0 Å². The Hall–Kier alpha value is -1.44. The van der Waals surface area contributed by atoms with Crippen molar-refractivity contribution >= 4 is 16.0 Å². The predicted octanol–water partition coefficient (Wildman–Crippen LogP) is 1.23. The van der Waals surface area contributed by atoms with Crippen LogP contribution >= 0.6 is 0 Å². The molecule has 6 nitrogen and oxygen atoms in total. The Kier molecular flexibility index (Phi) is 5.88. The molecule has 0 saturated carbocycles. The second-order valence-electron chi connectivity index (χ2n) is 5.02. The van der Waals surface area contributed by atoms with E-state index in [1.54, 1.807) is 27.0 Å². The van der Waals surface area contributed by atoms with Crippen molar-refractivity contribution in [3.63, 3.8) is 0 Å². The molecule has 0 amide bonds. The molecule has 1 aromatic rings. The van der Waals surface area contributed by atoms with Gasteiger partial charge in [0.2, 0.25) is 10.0 Å². The van der Waals surface area contributed by atoms with Crippen molar-refractivity contribution in [2.24, 2.45) is 0 Å². The maximum absolute atomic E-state index is 12.5. The first kappa shape index (κ1) is 17.6. The summed E-state index contributed by atoms with van der Waals surface area (Å²) in [6, 6.07) is 2.84. The highest BCUT2D eigenvalue weighted by Gasteiger charge is 2.24. The van der Waals surface area contributed by atoms with Crippen LogP contribution in [0.25, 0.3) is 0 Å². The van der Waals surface area contributed by atoms with Gasteiger partial charge >= 0.3 is 5.97 Å². The molecule has 7 heteroatoms. The summed E-state index contributed by atoms with van der Waals surface area (Å²) in [6.45, 7) is 4.42. The van der Waals surface area contributed by atoms with Gasteiger partial charge in [-0.1, -0.05) is 6.07 Å². The Bertz CT molecular complexity index is 626. The largest absolute Gasteiger partial charge is 0.478 e. The van der Waals surface area contributed by atoms with Crippen LogP contribution in [0, 0.1) is 13.8 Å². The highest BCUT2D eigenvalue weighted by Crippen LogP contribution is 2.23. The summed E-state index contributed by atoms with van der Waals surface area (Å²) in [5.41, 5.74) is 1.12. The zero-order chi connectivity index (χ0) is 16.2. The number of carboxylic acids is 1. The van der Waals surface area contributed by atoms with Gasteiger partial charge in [-0.05, 0) is 51.1 Å². The molecule has 2 N–H and O–H groups in total. The smallest absolute Gasteiger partial charge is 0.335 e. The number of benzene rings is 1. The molecule has 0 aromatic heterocycles. The van der Waals surface area contributed by atoms with Gasteiger partial charge in [-0.25, -0.2) is 17.5 Å². The van der Waals surface area contributed by atoms with Crippen molar-refractivity contribution in [2.45, 2.75) is 25.2 Å². The fourth-order valence-corrected chi connectivity index (χ4v) is 3.55. The summed E-state index contributed by atoms with van der Waals surface area (Å²) < 4.78 is 26.3. The summed E-state index contributed by atoms with van der Waals surface area (Å²) >= 11 is 0.